The van der Waals surface area contributed by atoms with Crippen LogP contribution in [0.15, 0.2) is 0 Å². The first-order valence-corrected chi connectivity index (χ1v) is 6.74. The molecule has 0 saturated carbocycles. The summed E-state index contributed by atoms with van der Waals surface area (Å²) in [5.41, 5.74) is 5.35. The zero-order valence-corrected chi connectivity index (χ0v) is 13.3. The largest absolute Gasteiger partial charge is 0.500 e. The van der Waals surface area contributed by atoms with Crippen molar-refractivity contribution in [2.24, 2.45) is 5.73 Å². The van der Waals surface area contributed by atoms with Gasteiger partial charge in [0, 0.05) is 66.7 Å². The monoisotopic (exact) mass is 312 g/mol. The van der Waals surface area contributed by atoms with E-state index in [2.05, 4.69) is 5.32 Å². The quantitative estimate of drug-likeness (QED) is 0.456. The molecule has 15 heavy (non-hydrogen) atoms. The SMILES string of the molecule is CO[Si](CCCNCCN)(OC)OC.[Zr]. The van der Waals surface area contributed by atoms with Gasteiger partial charge in [-0.05, 0) is 13.0 Å². The van der Waals surface area contributed by atoms with Gasteiger partial charge in [-0.2, -0.15) is 0 Å². The van der Waals surface area contributed by atoms with Crippen LogP contribution in [0.5, 0.6) is 0 Å². The number of hydrogen-bond donors (Lipinski definition) is 2. The summed E-state index contributed by atoms with van der Waals surface area (Å²) in [6, 6.07) is 0.827. The molecular formula is C8H22N2O3SiZr. The standard InChI is InChI=1S/C8H22N2O3Si.Zr/c1-11-14(12-2,13-3)8-4-6-10-7-5-9;/h10H,4-9H2,1-3H3;. The smallest absolute Gasteiger partial charge is 0.377 e. The third-order valence-corrected chi connectivity index (χ3v) is 4.92. The Morgan fingerprint density at radius 1 is 1.07 bits per heavy atom. The molecule has 0 saturated heterocycles. The van der Waals surface area contributed by atoms with Crippen molar-refractivity contribution < 1.29 is 39.5 Å². The molecule has 0 radical (unpaired) electrons. The average molecular weight is 314 g/mol. The molecule has 0 aliphatic rings. The van der Waals surface area contributed by atoms with Gasteiger partial charge < -0.3 is 24.3 Å². The van der Waals surface area contributed by atoms with Crippen LogP contribution in [-0.2, 0) is 39.5 Å². The number of nitrogens with two attached hydrogens (primary N) is 1. The predicted octanol–water partition coefficient (Wildman–Crippen LogP) is -0.200. The van der Waals surface area contributed by atoms with Crippen molar-refractivity contribution in [3.8, 4) is 0 Å². The van der Waals surface area contributed by atoms with E-state index < -0.39 is 8.80 Å². The van der Waals surface area contributed by atoms with E-state index in [0.717, 1.165) is 25.6 Å². The summed E-state index contributed by atoms with van der Waals surface area (Å²) in [7, 11) is 2.55. The molecule has 0 bridgehead atoms. The maximum atomic E-state index is 5.35. The van der Waals surface area contributed by atoms with Crippen LogP contribution >= 0.6 is 0 Å². The van der Waals surface area contributed by atoms with E-state index in [9.17, 15) is 0 Å². The van der Waals surface area contributed by atoms with Crippen molar-refractivity contribution in [1.82, 2.24) is 5.32 Å². The average Bonchev–Trinajstić information content (AvgIpc) is 2.24. The summed E-state index contributed by atoms with van der Waals surface area (Å²) in [6.45, 7) is 2.44. The van der Waals surface area contributed by atoms with E-state index in [1.165, 1.54) is 0 Å². The fourth-order valence-electron chi connectivity index (χ4n) is 1.21. The Labute approximate surface area is 113 Å². The maximum absolute atomic E-state index is 5.35. The second-order valence-corrected chi connectivity index (χ2v) is 6.03. The van der Waals surface area contributed by atoms with Gasteiger partial charge in [-0.1, -0.05) is 0 Å². The number of nitrogens with one attached hydrogen (secondary N) is 1. The topological polar surface area (TPSA) is 65.7 Å². The minimum absolute atomic E-state index is 0. The van der Waals surface area contributed by atoms with Gasteiger partial charge in [0.05, 0.1) is 0 Å². The van der Waals surface area contributed by atoms with Gasteiger partial charge in [0.15, 0.2) is 0 Å². The van der Waals surface area contributed by atoms with Gasteiger partial charge >= 0.3 is 8.80 Å². The van der Waals surface area contributed by atoms with Gasteiger partial charge in [-0.25, -0.2) is 0 Å². The van der Waals surface area contributed by atoms with Crippen LogP contribution in [0.1, 0.15) is 6.42 Å². The molecule has 7 heteroatoms. The minimum Gasteiger partial charge on any atom is -0.377 e. The van der Waals surface area contributed by atoms with E-state index >= 15 is 0 Å². The summed E-state index contributed by atoms with van der Waals surface area (Å²) in [4.78, 5) is 0. The normalized spacial score (nSPS) is 11.2. The van der Waals surface area contributed by atoms with Crippen molar-refractivity contribution in [1.29, 1.82) is 0 Å². The molecule has 0 fully saturated rings. The van der Waals surface area contributed by atoms with E-state index in [1.807, 2.05) is 0 Å². The Hall–Kier alpha value is 0.900. The first kappa shape index (κ1) is 18.3. The van der Waals surface area contributed by atoms with Crippen LogP contribution in [0.25, 0.3) is 0 Å². The zero-order chi connectivity index (χ0) is 10.9. The molecule has 0 aliphatic carbocycles. The summed E-state index contributed by atoms with van der Waals surface area (Å²) in [5.74, 6) is 0. The third kappa shape index (κ3) is 7.74. The van der Waals surface area contributed by atoms with Crippen molar-refractivity contribution >= 4 is 8.80 Å². The van der Waals surface area contributed by atoms with Crippen LogP contribution in [0.3, 0.4) is 0 Å². The Morgan fingerprint density at radius 2 is 1.60 bits per heavy atom. The third-order valence-electron chi connectivity index (χ3n) is 2.09. The van der Waals surface area contributed by atoms with Crippen LogP contribution in [0.2, 0.25) is 6.04 Å². The van der Waals surface area contributed by atoms with E-state index in [0.29, 0.717) is 6.54 Å². The van der Waals surface area contributed by atoms with Crippen LogP contribution in [0.4, 0.5) is 0 Å². The maximum Gasteiger partial charge on any atom is 0.500 e. The summed E-state index contributed by atoms with van der Waals surface area (Å²) >= 11 is 0. The van der Waals surface area contributed by atoms with Gasteiger partial charge in [-0.3, -0.25) is 0 Å². The van der Waals surface area contributed by atoms with Gasteiger partial charge in [-0.15, -0.1) is 0 Å². The van der Waals surface area contributed by atoms with Crippen molar-refractivity contribution in [2.75, 3.05) is 41.0 Å². The fourth-order valence-corrected chi connectivity index (χ4v) is 2.94. The molecule has 0 aliphatic heterocycles. The first-order valence-electron chi connectivity index (χ1n) is 4.81. The molecule has 90 valence electrons. The molecule has 0 unspecified atom stereocenters. The predicted molar refractivity (Wildman–Crippen MR) is 58.1 cm³/mol. The van der Waals surface area contributed by atoms with Crippen molar-refractivity contribution in [2.45, 2.75) is 12.5 Å². The molecule has 0 aromatic carbocycles. The zero-order valence-electron chi connectivity index (χ0n) is 9.84. The Morgan fingerprint density at radius 3 is 2.00 bits per heavy atom. The van der Waals surface area contributed by atoms with Crippen LogP contribution in [0, 0.1) is 0 Å². The second-order valence-electron chi connectivity index (χ2n) is 2.94. The second kappa shape index (κ2) is 11.4. The van der Waals surface area contributed by atoms with Gasteiger partial charge in [0.1, 0.15) is 0 Å². The molecule has 3 N–H and O–H groups in total. The minimum atomic E-state index is -2.35. The molecule has 0 atom stereocenters. The summed E-state index contributed by atoms with van der Waals surface area (Å²) in [6.07, 6.45) is 0.974. The molecule has 5 nitrogen and oxygen atoms in total. The Bertz CT molecular complexity index is 131. The van der Waals surface area contributed by atoms with E-state index in [4.69, 9.17) is 19.0 Å². The molecule has 0 aromatic rings. The fraction of sp³-hybridized carbons (Fsp3) is 1.00. The van der Waals surface area contributed by atoms with Gasteiger partial charge in [0.25, 0.3) is 0 Å². The molecular weight excluding hydrogens is 291 g/mol. The van der Waals surface area contributed by atoms with Gasteiger partial charge in [0.2, 0.25) is 0 Å². The molecule has 0 aromatic heterocycles. The van der Waals surface area contributed by atoms with Crippen LogP contribution in [-0.4, -0.2) is 49.8 Å². The molecule has 0 rings (SSSR count). The van der Waals surface area contributed by atoms with Crippen LogP contribution < -0.4 is 11.1 Å². The van der Waals surface area contributed by atoms with E-state index in [-0.39, 0.29) is 26.2 Å². The molecule has 0 spiro atoms. The summed E-state index contributed by atoms with van der Waals surface area (Å²) < 4.78 is 15.9. The first-order chi connectivity index (χ1) is 6.74. The molecule has 0 amide bonds. The van der Waals surface area contributed by atoms with E-state index in [1.54, 1.807) is 21.3 Å². The number of hydrogen-bond acceptors (Lipinski definition) is 5. The Balaban J connectivity index is 0. The Kier molecular flexibility index (Phi) is 13.9. The number of rotatable bonds is 9. The van der Waals surface area contributed by atoms with Crippen molar-refractivity contribution in [3.63, 3.8) is 0 Å². The molecule has 0 heterocycles. The van der Waals surface area contributed by atoms with Crippen molar-refractivity contribution in [3.05, 3.63) is 0 Å². The summed E-state index contributed by atoms with van der Waals surface area (Å²) in [5, 5.41) is 3.21.